The molecule has 21 heavy (non-hydrogen) atoms. The van der Waals surface area contributed by atoms with Gasteiger partial charge in [0.15, 0.2) is 11.6 Å². The number of methoxy groups -OCH3 is 1. The summed E-state index contributed by atoms with van der Waals surface area (Å²) in [6, 6.07) is 4.66. The van der Waals surface area contributed by atoms with Gasteiger partial charge in [0.1, 0.15) is 6.04 Å². The van der Waals surface area contributed by atoms with E-state index in [1.54, 1.807) is 25.1 Å². The first-order valence-corrected chi connectivity index (χ1v) is 7.10. The number of rotatable bonds is 5. The van der Waals surface area contributed by atoms with Crippen LogP contribution in [0.1, 0.15) is 12.5 Å². The number of nitrogens with zero attached hydrogens (tertiary/aromatic N) is 1. The minimum absolute atomic E-state index is 0.218. The second kappa shape index (κ2) is 7.38. The summed E-state index contributed by atoms with van der Waals surface area (Å²) in [5.41, 5.74) is 0.519. The standard InChI is InChI=1S/C15H21FN2O3/c1-3-21-15(19)12-9-17-7-8-18(12)10-11-5-4-6-13(20-2)14(11)16/h4-6,12,17H,3,7-10H2,1-2H3. The van der Waals surface area contributed by atoms with Crippen LogP contribution in [-0.2, 0) is 16.1 Å². The number of ether oxygens (including phenoxy) is 2. The van der Waals surface area contributed by atoms with E-state index in [1.165, 1.54) is 7.11 Å². The van der Waals surface area contributed by atoms with Crippen molar-refractivity contribution >= 4 is 5.97 Å². The molecule has 1 unspecified atom stereocenters. The molecular formula is C15H21FN2O3. The number of carbonyl (C=O) groups excluding carboxylic acids is 1. The Labute approximate surface area is 124 Å². The molecule has 1 N–H and O–H groups in total. The molecule has 6 heteroatoms. The van der Waals surface area contributed by atoms with E-state index in [0.717, 1.165) is 6.54 Å². The summed E-state index contributed by atoms with van der Waals surface area (Å²) in [6.07, 6.45) is 0. The monoisotopic (exact) mass is 296 g/mol. The number of esters is 1. The van der Waals surface area contributed by atoms with Crippen molar-refractivity contribution in [2.75, 3.05) is 33.4 Å². The first-order valence-electron chi connectivity index (χ1n) is 7.10. The van der Waals surface area contributed by atoms with Gasteiger partial charge >= 0.3 is 5.97 Å². The number of halogens is 1. The van der Waals surface area contributed by atoms with E-state index in [0.29, 0.717) is 31.8 Å². The maximum Gasteiger partial charge on any atom is 0.324 e. The van der Waals surface area contributed by atoms with Crippen LogP contribution >= 0.6 is 0 Å². The van der Waals surface area contributed by atoms with Gasteiger partial charge in [0, 0.05) is 31.7 Å². The number of hydrogen-bond donors (Lipinski definition) is 1. The van der Waals surface area contributed by atoms with Crippen molar-refractivity contribution < 1.29 is 18.7 Å². The topological polar surface area (TPSA) is 50.8 Å². The number of benzene rings is 1. The van der Waals surface area contributed by atoms with Gasteiger partial charge in [-0.05, 0) is 13.0 Å². The van der Waals surface area contributed by atoms with Crippen molar-refractivity contribution in [1.29, 1.82) is 0 Å². The second-order valence-corrected chi connectivity index (χ2v) is 4.88. The SMILES string of the molecule is CCOC(=O)C1CNCCN1Cc1cccc(OC)c1F. The fraction of sp³-hybridized carbons (Fsp3) is 0.533. The third-order valence-electron chi connectivity index (χ3n) is 3.55. The number of nitrogens with one attached hydrogen (secondary N) is 1. The van der Waals surface area contributed by atoms with Gasteiger partial charge in [0.25, 0.3) is 0 Å². The first kappa shape index (κ1) is 15.7. The quantitative estimate of drug-likeness (QED) is 0.827. The van der Waals surface area contributed by atoms with Crippen molar-refractivity contribution in [3.63, 3.8) is 0 Å². The van der Waals surface area contributed by atoms with Crippen LogP contribution in [0.25, 0.3) is 0 Å². The zero-order valence-corrected chi connectivity index (χ0v) is 12.4. The molecule has 1 saturated heterocycles. The molecule has 1 aliphatic rings. The summed E-state index contributed by atoms with van der Waals surface area (Å²) in [5.74, 6) is -0.426. The highest BCUT2D eigenvalue weighted by atomic mass is 19.1. The highest BCUT2D eigenvalue weighted by Crippen LogP contribution is 2.22. The summed E-state index contributed by atoms with van der Waals surface area (Å²) in [6.45, 7) is 4.43. The van der Waals surface area contributed by atoms with E-state index in [1.807, 2.05) is 4.90 Å². The van der Waals surface area contributed by atoms with Gasteiger partial charge in [-0.1, -0.05) is 12.1 Å². The highest BCUT2D eigenvalue weighted by molar-refractivity contribution is 5.76. The Hall–Kier alpha value is -1.66. The molecule has 0 saturated carbocycles. The summed E-state index contributed by atoms with van der Waals surface area (Å²) in [5, 5.41) is 3.17. The van der Waals surface area contributed by atoms with E-state index >= 15 is 0 Å². The van der Waals surface area contributed by atoms with Crippen LogP contribution in [-0.4, -0.2) is 50.3 Å². The normalized spacial score (nSPS) is 19.3. The van der Waals surface area contributed by atoms with Gasteiger partial charge in [0.2, 0.25) is 0 Å². The minimum Gasteiger partial charge on any atom is -0.494 e. The Morgan fingerprint density at radius 3 is 3.05 bits per heavy atom. The molecule has 2 rings (SSSR count). The van der Waals surface area contributed by atoms with Gasteiger partial charge in [-0.15, -0.1) is 0 Å². The summed E-state index contributed by atoms with van der Waals surface area (Å²) in [7, 11) is 1.44. The molecule has 0 amide bonds. The molecule has 0 bridgehead atoms. The lowest BCUT2D eigenvalue weighted by molar-refractivity contribution is -0.150. The van der Waals surface area contributed by atoms with E-state index in [-0.39, 0.29) is 23.6 Å². The molecule has 1 heterocycles. The predicted molar refractivity (Wildman–Crippen MR) is 76.7 cm³/mol. The van der Waals surface area contributed by atoms with Crippen LogP contribution in [0.15, 0.2) is 18.2 Å². The number of hydrogen-bond acceptors (Lipinski definition) is 5. The van der Waals surface area contributed by atoms with Crippen LogP contribution in [0.3, 0.4) is 0 Å². The van der Waals surface area contributed by atoms with Crippen LogP contribution in [0, 0.1) is 5.82 Å². The lowest BCUT2D eigenvalue weighted by Crippen LogP contribution is -2.54. The Balaban J connectivity index is 2.14. The third kappa shape index (κ3) is 3.71. The van der Waals surface area contributed by atoms with Crippen molar-refractivity contribution in [3.05, 3.63) is 29.6 Å². The smallest absolute Gasteiger partial charge is 0.324 e. The van der Waals surface area contributed by atoms with Crippen molar-refractivity contribution in [2.24, 2.45) is 0 Å². The second-order valence-electron chi connectivity index (χ2n) is 4.88. The largest absolute Gasteiger partial charge is 0.494 e. The molecule has 1 fully saturated rings. The molecule has 0 aromatic heterocycles. The molecular weight excluding hydrogens is 275 g/mol. The van der Waals surface area contributed by atoms with Gasteiger partial charge in [-0.25, -0.2) is 4.39 Å². The van der Waals surface area contributed by atoms with E-state index in [2.05, 4.69) is 5.32 Å². The number of carbonyl (C=O) groups is 1. The average molecular weight is 296 g/mol. The molecule has 0 radical (unpaired) electrons. The lowest BCUT2D eigenvalue weighted by Gasteiger charge is -2.34. The molecule has 1 aromatic rings. The minimum atomic E-state index is -0.385. The van der Waals surface area contributed by atoms with Crippen LogP contribution in [0.5, 0.6) is 5.75 Å². The van der Waals surface area contributed by atoms with Crippen molar-refractivity contribution in [1.82, 2.24) is 10.2 Å². The zero-order chi connectivity index (χ0) is 15.2. The maximum absolute atomic E-state index is 14.2. The lowest BCUT2D eigenvalue weighted by atomic mass is 10.1. The summed E-state index contributed by atoms with van der Waals surface area (Å²) in [4.78, 5) is 13.9. The highest BCUT2D eigenvalue weighted by Gasteiger charge is 2.30. The van der Waals surface area contributed by atoms with Gasteiger partial charge in [-0.3, -0.25) is 9.69 Å². The molecule has 116 valence electrons. The Morgan fingerprint density at radius 2 is 2.33 bits per heavy atom. The molecule has 5 nitrogen and oxygen atoms in total. The summed E-state index contributed by atoms with van der Waals surface area (Å²) < 4.78 is 24.3. The molecule has 1 aromatic carbocycles. The molecule has 0 aliphatic carbocycles. The van der Waals surface area contributed by atoms with E-state index in [9.17, 15) is 9.18 Å². The van der Waals surface area contributed by atoms with E-state index < -0.39 is 0 Å². The first-order chi connectivity index (χ1) is 10.2. The van der Waals surface area contributed by atoms with Gasteiger partial charge in [-0.2, -0.15) is 0 Å². The number of piperazine rings is 1. The Kier molecular flexibility index (Phi) is 5.52. The van der Waals surface area contributed by atoms with Gasteiger partial charge < -0.3 is 14.8 Å². The maximum atomic E-state index is 14.2. The molecule has 1 atom stereocenters. The fourth-order valence-electron chi connectivity index (χ4n) is 2.46. The molecule has 0 spiro atoms. The van der Waals surface area contributed by atoms with E-state index in [4.69, 9.17) is 9.47 Å². The van der Waals surface area contributed by atoms with Crippen LogP contribution < -0.4 is 10.1 Å². The predicted octanol–water partition coefficient (Wildman–Crippen LogP) is 1.17. The Morgan fingerprint density at radius 1 is 1.52 bits per heavy atom. The zero-order valence-electron chi connectivity index (χ0n) is 12.4. The summed E-state index contributed by atoms with van der Waals surface area (Å²) >= 11 is 0. The fourth-order valence-corrected chi connectivity index (χ4v) is 2.46. The van der Waals surface area contributed by atoms with Crippen molar-refractivity contribution in [2.45, 2.75) is 19.5 Å². The molecule has 1 aliphatic heterocycles. The van der Waals surface area contributed by atoms with Gasteiger partial charge in [0.05, 0.1) is 13.7 Å². The average Bonchev–Trinajstić information content (AvgIpc) is 2.50. The Bertz CT molecular complexity index is 496. The van der Waals surface area contributed by atoms with Crippen molar-refractivity contribution in [3.8, 4) is 5.75 Å². The van der Waals surface area contributed by atoms with Crippen LogP contribution in [0.4, 0.5) is 4.39 Å². The third-order valence-corrected chi connectivity index (χ3v) is 3.55. The van der Waals surface area contributed by atoms with Crippen LogP contribution in [0.2, 0.25) is 0 Å².